The molecule has 82 valence electrons. The van der Waals surface area contributed by atoms with E-state index in [-0.39, 0.29) is 0 Å². The quantitative estimate of drug-likeness (QED) is 0.831. The van der Waals surface area contributed by atoms with Crippen molar-refractivity contribution in [2.75, 3.05) is 0 Å². The monoisotopic (exact) mass is 212 g/mol. The highest BCUT2D eigenvalue weighted by atomic mass is 14.7. The Kier molecular flexibility index (Phi) is 2.18. The van der Waals surface area contributed by atoms with Crippen LogP contribution in [-0.2, 0) is 0 Å². The molecule has 2 N–H and O–H groups in total. The molecule has 2 nitrogen and oxygen atoms in total. The SMILES string of the molecule is CC(N)C1CC1c1ccnc2ccccc12. The molecule has 3 unspecified atom stereocenters. The molecule has 0 spiro atoms. The van der Waals surface area contributed by atoms with E-state index in [0.717, 1.165) is 5.52 Å². The standard InChI is InChI=1S/C14H16N2/c1-9(15)12-8-13(12)10-6-7-16-14-5-3-2-4-11(10)14/h2-7,9,12-13H,8,15H2,1H3. The Morgan fingerprint density at radius 2 is 2.12 bits per heavy atom. The van der Waals surface area contributed by atoms with E-state index in [0.29, 0.717) is 17.9 Å². The van der Waals surface area contributed by atoms with Crippen LogP contribution in [0.5, 0.6) is 0 Å². The summed E-state index contributed by atoms with van der Waals surface area (Å²) in [5, 5.41) is 1.29. The molecule has 0 amide bonds. The number of para-hydroxylation sites is 1. The summed E-state index contributed by atoms with van der Waals surface area (Å²) >= 11 is 0. The molecule has 2 heteroatoms. The molecule has 1 fully saturated rings. The van der Waals surface area contributed by atoms with Gasteiger partial charge in [-0.15, -0.1) is 0 Å². The summed E-state index contributed by atoms with van der Waals surface area (Å²) < 4.78 is 0. The van der Waals surface area contributed by atoms with Gasteiger partial charge in [0.1, 0.15) is 0 Å². The number of hydrogen-bond acceptors (Lipinski definition) is 2. The molecule has 2 aromatic rings. The van der Waals surface area contributed by atoms with Crippen molar-refractivity contribution in [2.24, 2.45) is 11.7 Å². The van der Waals surface area contributed by atoms with Crippen molar-refractivity contribution in [1.82, 2.24) is 4.98 Å². The third kappa shape index (κ3) is 1.50. The van der Waals surface area contributed by atoms with Gasteiger partial charge in [0.2, 0.25) is 0 Å². The Balaban J connectivity index is 2.05. The van der Waals surface area contributed by atoms with Crippen molar-refractivity contribution in [1.29, 1.82) is 0 Å². The molecule has 1 aliphatic carbocycles. The van der Waals surface area contributed by atoms with Gasteiger partial charge in [-0.3, -0.25) is 4.98 Å². The Bertz CT molecular complexity index is 514. The van der Waals surface area contributed by atoms with Gasteiger partial charge in [0, 0.05) is 17.6 Å². The number of nitrogens with zero attached hydrogens (tertiary/aromatic N) is 1. The number of benzene rings is 1. The van der Waals surface area contributed by atoms with E-state index in [1.807, 2.05) is 12.3 Å². The second-order valence-electron chi connectivity index (χ2n) is 4.78. The Hall–Kier alpha value is -1.41. The van der Waals surface area contributed by atoms with Crippen molar-refractivity contribution in [2.45, 2.75) is 25.3 Å². The van der Waals surface area contributed by atoms with Crippen LogP contribution in [0.4, 0.5) is 0 Å². The molecule has 0 bridgehead atoms. The third-order valence-corrected chi connectivity index (χ3v) is 3.60. The van der Waals surface area contributed by atoms with Crippen LogP contribution in [0, 0.1) is 5.92 Å². The lowest BCUT2D eigenvalue weighted by atomic mass is 10.0. The summed E-state index contributed by atoms with van der Waals surface area (Å²) in [6, 6.07) is 10.8. The first-order valence-electron chi connectivity index (χ1n) is 5.86. The van der Waals surface area contributed by atoms with Crippen LogP contribution in [0.3, 0.4) is 0 Å². The summed E-state index contributed by atoms with van der Waals surface area (Å²) in [6.07, 6.45) is 3.14. The molecule has 0 aliphatic heterocycles. The number of rotatable bonds is 2. The van der Waals surface area contributed by atoms with Crippen molar-refractivity contribution >= 4 is 10.9 Å². The fraction of sp³-hybridized carbons (Fsp3) is 0.357. The number of pyridine rings is 1. The van der Waals surface area contributed by atoms with Gasteiger partial charge in [-0.25, -0.2) is 0 Å². The molecule has 0 radical (unpaired) electrons. The molecule has 16 heavy (non-hydrogen) atoms. The average Bonchev–Trinajstić information content (AvgIpc) is 3.08. The molecule has 3 rings (SSSR count). The van der Waals surface area contributed by atoms with Crippen molar-refractivity contribution in [3.63, 3.8) is 0 Å². The lowest BCUT2D eigenvalue weighted by molar-refractivity contribution is 0.632. The van der Waals surface area contributed by atoms with Crippen LogP contribution >= 0.6 is 0 Å². The van der Waals surface area contributed by atoms with Gasteiger partial charge in [0.25, 0.3) is 0 Å². The van der Waals surface area contributed by atoms with Crippen LogP contribution < -0.4 is 5.73 Å². The highest BCUT2D eigenvalue weighted by molar-refractivity contribution is 5.82. The minimum absolute atomic E-state index is 0.303. The maximum atomic E-state index is 5.95. The van der Waals surface area contributed by atoms with E-state index in [9.17, 15) is 0 Å². The first kappa shape index (κ1) is 9.79. The number of hydrogen-bond donors (Lipinski definition) is 1. The van der Waals surface area contributed by atoms with E-state index in [2.05, 4.69) is 36.2 Å². The Morgan fingerprint density at radius 3 is 2.88 bits per heavy atom. The van der Waals surface area contributed by atoms with E-state index in [1.165, 1.54) is 17.4 Å². The zero-order valence-electron chi connectivity index (χ0n) is 9.43. The minimum Gasteiger partial charge on any atom is -0.328 e. The van der Waals surface area contributed by atoms with Crippen LogP contribution in [-0.4, -0.2) is 11.0 Å². The summed E-state index contributed by atoms with van der Waals surface area (Å²) in [7, 11) is 0. The summed E-state index contributed by atoms with van der Waals surface area (Å²) in [5.41, 5.74) is 8.47. The summed E-state index contributed by atoms with van der Waals surface area (Å²) in [4.78, 5) is 4.39. The summed E-state index contributed by atoms with van der Waals surface area (Å²) in [6.45, 7) is 2.11. The van der Waals surface area contributed by atoms with Gasteiger partial charge >= 0.3 is 0 Å². The molecular formula is C14H16N2. The smallest absolute Gasteiger partial charge is 0.0704 e. The molecule has 0 saturated heterocycles. The van der Waals surface area contributed by atoms with E-state index in [1.54, 1.807) is 0 Å². The van der Waals surface area contributed by atoms with Crippen molar-refractivity contribution < 1.29 is 0 Å². The zero-order valence-corrected chi connectivity index (χ0v) is 9.43. The van der Waals surface area contributed by atoms with Gasteiger partial charge in [0.05, 0.1) is 5.52 Å². The van der Waals surface area contributed by atoms with Gasteiger partial charge < -0.3 is 5.73 Å². The predicted molar refractivity (Wildman–Crippen MR) is 66.2 cm³/mol. The molecular weight excluding hydrogens is 196 g/mol. The van der Waals surface area contributed by atoms with Gasteiger partial charge in [-0.1, -0.05) is 18.2 Å². The van der Waals surface area contributed by atoms with Crippen molar-refractivity contribution in [3.05, 3.63) is 42.1 Å². The number of nitrogens with two attached hydrogens (primary N) is 1. The number of aromatic nitrogens is 1. The third-order valence-electron chi connectivity index (χ3n) is 3.60. The Morgan fingerprint density at radius 1 is 1.31 bits per heavy atom. The first-order valence-corrected chi connectivity index (χ1v) is 5.86. The average molecular weight is 212 g/mol. The Labute approximate surface area is 95.5 Å². The van der Waals surface area contributed by atoms with E-state index >= 15 is 0 Å². The topological polar surface area (TPSA) is 38.9 Å². The molecule has 1 saturated carbocycles. The lowest BCUT2D eigenvalue weighted by Gasteiger charge is -2.07. The first-order chi connectivity index (χ1) is 7.77. The summed E-state index contributed by atoms with van der Waals surface area (Å²) in [5.74, 6) is 1.30. The minimum atomic E-state index is 0.303. The molecule has 1 heterocycles. The highest BCUT2D eigenvalue weighted by Crippen LogP contribution is 2.50. The van der Waals surface area contributed by atoms with Crippen LogP contribution in [0.15, 0.2) is 36.5 Å². The lowest BCUT2D eigenvalue weighted by Crippen LogP contribution is -2.17. The molecule has 3 atom stereocenters. The van der Waals surface area contributed by atoms with Gasteiger partial charge in [0.15, 0.2) is 0 Å². The van der Waals surface area contributed by atoms with Gasteiger partial charge in [-0.05, 0) is 42.9 Å². The predicted octanol–water partition coefficient (Wildman–Crippen LogP) is 2.69. The molecule has 1 aliphatic rings. The largest absolute Gasteiger partial charge is 0.328 e. The van der Waals surface area contributed by atoms with Crippen LogP contribution in [0.2, 0.25) is 0 Å². The van der Waals surface area contributed by atoms with Crippen molar-refractivity contribution in [3.8, 4) is 0 Å². The second kappa shape index (κ2) is 3.56. The number of fused-ring (bicyclic) bond motifs is 1. The van der Waals surface area contributed by atoms with Gasteiger partial charge in [-0.2, -0.15) is 0 Å². The fourth-order valence-corrected chi connectivity index (χ4v) is 2.59. The molecule has 1 aromatic carbocycles. The normalized spacial score (nSPS) is 25.6. The second-order valence-corrected chi connectivity index (χ2v) is 4.78. The highest BCUT2D eigenvalue weighted by Gasteiger charge is 2.41. The van der Waals surface area contributed by atoms with Crippen LogP contribution in [0.1, 0.15) is 24.8 Å². The maximum Gasteiger partial charge on any atom is 0.0704 e. The zero-order chi connectivity index (χ0) is 11.1. The molecule has 1 aromatic heterocycles. The van der Waals surface area contributed by atoms with Crippen LogP contribution in [0.25, 0.3) is 10.9 Å². The maximum absolute atomic E-state index is 5.95. The fourth-order valence-electron chi connectivity index (χ4n) is 2.59. The van der Waals surface area contributed by atoms with E-state index in [4.69, 9.17) is 5.73 Å². The van der Waals surface area contributed by atoms with E-state index < -0.39 is 0 Å².